The highest BCUT2D eigenvalue weighted by molar-refractivity contribution is 5.40. The van der Waals surface area contributed by atoms with Crippen molar-refractivity contribution in [3.8, 4) is 5.75 Å². The summed E-state index contributed by atoms with van der Waals surface area (Å²) >= 11 is 0. The third-order valence-corrected chi connectivity index (χ3v) is 3.25. The van der Waals surface area contributed by atoms with Crippen LogP contribution in [0.1, 0.15) is 25.3 Å². The second-order valence-corrected chi connectivity index (χ2v) is 4.84. The van der Waals surface area contributed by atoms with Crippen molar-refractivity contribution in [2.75, 3.05) is 7.11 Å². The lowest BCUT2D eigenvalue weighted by molar-refractivity contribution is -0.435. The number of ether oxygens (including phenoxy) is 1. The van der Waals surface area contributed by atoms with Gasteiger partial charge in [0.05, 0.1) is 7.11 Å². The first-order valence-electron chi connectivity index (χ1n) is 7.15. The molecule has 0 aromatic heterocycles. The van der Waals surface area contributed by atoms with E-state index in [4.69, 9.17) is 4.74 Å². The number of benzene rings is 2. The molecule has 0 spiro atoms. The van der Waals surface area contributed by atoms with Gasteiger partial charge in [-0.25, -0.2) is 0 Å². The Kier molecular flexibility index (Phi) is 5.32. The van der Waals surface area contributed by atoms with Gasteiger partial charge in [0, 0.05) is 17.2 Å². The summed E-state index contributed by atoms with van der Waals surface area (Å²) < 4.78 is 5.07. The summed E-state index contributed by atoms with van der Waals surface area (Å²) in [6.07, 6.45) is 3.38. The fourth-order valence-electron chi connectivity index (χ4n) is 1.98. The SMILES string of the molecule is CCCCc1ccc([N+]([O-])=Nc2ccc(OC)cc2)cc1. The van der Waals surface area contributed by atoms with Gasteiger partial charge in [0.2, 0.25) is 5.69 Å². The molecule has 0 amide bonds. The number of hydrogen-bond donors (Lipinski definition) is 0. The first kappa shape index (κ1) is 15.0. The predicted octanol–water partition coefficient (Wildman–Crippen LogP) is 4.96. The lowest BCUT2D eigenvalue weighted by atomic mass is 10.1. The van der Waals surface area contributed by atoms with E-state index >= 15 is 0 Å². The molecule has 110 valence electrons. The molecule has 2 aromatic rings. The predicted molar refractivity (Wildman–Crippen MR) is 83.4 cm³/mol. The van der Waals surface area contributed by atoms with E-state index in [1.165, 1.54) is 12.0 Å². The van der Waals surface area contributed by atoms with Crippen LogP contribution in [0.2, 0.25) is 0 Å². The van der Waals surface area contributed by atoms with Crippen LogP contribution in [0.3, 0.4) is 0 Å². The van der Waals surface area contributed by atoms with Gasteiger partial charge >= 0.3 is 0 Å². The average molecular weight is 284 g/mol. The highest BCUT2D eigenvalue weighted by atomic mass is 16.5. The summed E-state index contributed by atoms with van der Waals surface area (Å²) in [6, 6.07) is 14.6. The summed E-state index contributed by atoms with van der Waals surface area (Å²) in [6.45, 7) is 2.17. The van der Waals surface area contributed by atoms with Gasteiger partial charge in [-0.15, -0.1) is 0 Å². The number of azo groups is 1. The summed E-state index contributed by atoms with van der Waals surface area (Å²) in [5.41, 5.74) is 2.38. The molecule has 21 heavy (non-hydrogen) atoms. The minimum Gasteiger partial charge on any atom is -0.594 e. The highest BCUT2D eigenvalue weighted by Gasteiger charge is 2.04. The lowest BCUT2D eigenvalue weighted by Gasteiger charge is -2.03. The van der Waals surface area contributed by atoms with Crippen LogP contribution >= 0.6 is 0 Å². The summed E-state index contributed by atoms with van der Waals surface area (Å²) in [4.78, 5) is 0.644. The maximum absolute atomic E-state index is 12.0. The van der Waals surface area contributed by atoms with Crippen molar-refractivity contribution in [1.82, 2.24) is 0 Å². The van der Waals surface area contributed by atoms with Gasteiger partial charge in [0.25, 0.3) is 0 Å². The number of methoxy groups -OCH3 is 1. The lowest BCUT2D eigenvalue weighted by Crippen LogP contribution is -1.91. The standard InChI is InChI=1S/C17H20N2O2/c1-3-4-5-14-6-10-16(11-7-14)19(20)18-15-8-12-17(21-2)13-9-15/h6-13H,3-5H2,1-2H3. The van der Waals surface area contributed by atoms with Gasteiger partial charge in [-0.3, -0.25) is 0 Å². The maximum atomic E-state index is 12.0. The number of hydrogen-bond acceptors (Lipinski definition) is 3. The Hall–Kier alpha value is -2.36. The second-order valence-electron chi connectivity index (χ2n) is 4.84. The molecule has 0 saturated heterocycles. The molecule has 0 radical (unpaired) electrons. The summed E-state index contributed by atoms with van der Waals surface area (Å²) in [5.74, 6) is 0.742. The Balaban J connectivity index is 2.10. The molecule has 2 rings (SSSR count). The molecule has 0 fully saturated rings. The number of rotatable bonds is 6. The Morgan fingerprint density at radius 3 is 2.29 bits per heavy atom. The van der Waals surface area contributed by atoms with Crippen molar-refractivity contribution >= 4 is 11.4 Å². The molecule has 0 aliphatic rings. The van der Waals surface area contributed by atoms with Crippen molar-refractivity contribution in [2.24, 2.45) is 5.11 Å². The molecule has 0 atom stereocenters. The maximum Gasteiger partial charge on any atom is 0.244 e. The Bertz CT molecular complexity index is 589. The van der Waals surface area contributed by atoms with Crippen molar-refractivity contribution < 1.29 is 9.60 Å². The van der Waals surface area contributed by atoms with Crippen LogP contribution in [-0.4, -0.2) is 12.0 Å². The normalized spacial score (nSPS) is 11.4. The van der Waals surface area contributed by atoms with E-state index in [-0.39, 0.29) is 0 Å². The van der Waals surface area contributed by atoms with E-state index in [2.05, 4.69) is 12.0 Å². The Morgan fingerprint density at radius 2 is 1.71 bits per heavy atom. The molecule has 0 saturated carbocycles. The topological polar surface area (TPSA) is 47.7 Å². The van der Waals surface area contributed by atoms with Crippen molar-refractivity contribution in [1.29, 1.82) is 0 Å². The quantitative estimate of drug-likeness (QED) is 0.427. The summed E-state index contributed by atoms with van der Waals surface area (Å²) in [5, 5.41) is 16.0. The van der Waals surface area contributed by atoms with Gasteiger partial charge in [0.1, 0.15) is 11.4 Å². The molecular formula is C17H20N2O2. The molecule has 0 aliphatic heterocycles. The van der Waals surface area contributed by atoms with E-state index in [0.717, 1.165) is 18.6 Å². The van der Waals surface area contributed by atoms with Gasteiger partial charge in [-0.05, 0) is 42.7 Å². The fraction of sp³-hybridized carbons (Fsp3) is 0.294. The summed E-state index contributed by atoms with van der Waals surface area (Å²) in [7, 11) is 1.60. The van der Waals surface area contributed by atoms with E-state index < -0.39 is 0 Å². The minimum atomic E-state index is 0.533. The fourth-order valence-corrected chi connectivity index (χ4v) is 1.98. The third-order valence-electron chi connectivity index (χ3n) is 3.25. The van der Waals surface area contributed by atoms with Gasteiger partial charge in [0.15, 0.2) is 0 Å². The minimum absolute atomic E-state index is 0.533. The molecule has 0 aliphatic carbocycles. The zero-order chi connectivity index (χ0) is 15.1. The molecule has 4 heteroatoms. The largest absolute Gasteiger partial charge is 0.594 e. The molecule has 2 aromatic carbocycles. The Morgan fingerprint density at radius 1 is 1.05 bits per heavy atom. The molecule has 0 unspecified atom stereocenters. The highest BCUT2D eigenvalue weighted by Crippen LogP contribution is 2.21. The molecule has 0 heterocycles. The first-order chi connectivity index (χ1) is 10.2. The smallest absolute Gasteiger partial charge is 0.244 e. The molecule has 0 bridgehead atoms. The average Bonchev–Trinajstić information content (AvgIpc) is 2.54. The third kappa shape index (κ3) is 4.31. The number of unbranched alkanes of at least 4 members (excludes halogenated alkanes) is 1. The number of nitrogens with zero attached hydrogens (tertiary/aromatic N) is 2. The van der Waals surface area contributed by atoms with E-state index in [9.17, 15) is 5.21 Å². The number of aryl methyl sites for hydroxylation is 1. The molecule has 0 N–H and O–H groups in total. The first-order valence-corrected chi connectivity index (χ1v) is 7.15. The monoisotopic (exact) mass is 284 g/mol. The van der Waals surface area contributed by atoms with Gasteiger partial charge < -0.3 is 9.94 Å². The van der Waals surface area contributed by atoms with Crippen molar-refractivity contribution in [3.63, 3.8) is 0 Å². The van der Waals surface area contributed by atoms with E-state index in [1.54, 1.807) is 31.4 Å². The zero-order valence-electron chi connectivity index (χ0n) is 12.5. The van der Waals surface area contributed by atoms with Crippen LogP contribution in [0.15, 0.2) is 53.6 Å². The van der Waals surface area contributed by atoms with E-state index in [0.29, 0.717) is 16.2 Å². The van der Waals surface area contributed by atoms with Crippen LogP contribution in [0.4, 0.5) is 11.4 Å². The van der Waals surface area contributed by atoms with Crippen LogP contribution in [-0.2, 0) is 6.42 Å². The van der Waals surface area contributed by atoms with Crippen molar-refractivity contribution in [3.05, 3.63) is 59.3 Å². The molecule has 4 nitrogen and oxygen atoms in total. The van der Waals surface area contributed by atoms with Gasteiger partial charge in [-0.2, -0.15) is 0 Å². The zero-order valence-corrected chi connectivity index (χ0v) is 12.5. The van der Waals surface area contributed by atoms with Crippen LogP contribution in [0, 0.1) is 5.21 Å². The van der Waals surface area contributed by atoms with Crippen LogP contribution in [0.25, 0.3) is 0 Å². The van der Waals surface area contributed by atoms with Crippen molar-refractivity contribution in [2.45, 2.75) is 26.2 Å². The Labute approximate surface area is 125 Å². The van der Waals surface area contributed by atoms with Gasteiger partial charge in [-0.1, -0.05) is 30.3 Å². The van der Waals surface area contributed by atoms with Crippen LogP contribution in [0.5, 0.6) is 5.75 Å². The van der Waals surface area contributed by atoms with Crippen LogP contribution < -0.4 is 4.74 Å². The second kappa shape index (κ2) is 7.43. The molecular weight excluding hydrogens is 264 g/mol. The van der Waals surface area contributed by atoms with E-state index in [1.807, 2.05) is 24.3 Å².